The average Bonchev–Trinajstić information content (AvgIpc) is 2.28. The van der Waals surface area contributed by atoms with Crippen molar-refractivity contribution >= 4 is 11.6 Å². The summed E-state index contributed by atoms with van der Waals surface area (Å²) in [5.74, 6) is 0. The van der Waals surface area contributed by atoms with Crippen LogP contribution in [0.1, 0.15) is 17.0 Å². The molecule has 2 nitrogen and oxygen atoms in total. The van der Waals surface area contributed by atoms with E-state index >= 15 is 0 Å². The van der Waals surface area contributed by atoms with E-state index in [0.29, 0.717) is 5.69 Å². The Morgan fingerprint density at radius 2 is 1.89 bits per heavy atom. The molecule has 94 valence electrons. The highest BCUT2D eigenvalue weighted by atomic mass is 35.5. The highest BCUT2D eigenvalue weighted by molar-refractivity contribution is 6.29. The standard InChI is InChI=1S/C12H8ClF3N2/c13-11-6-8(12(14,15)16)5-10(18-11)7-9-3-1-2-4-17-9/h1-6H,7H2. The third-order valence-corrected chi connectivity index (χ3v) is 2.46. The first-order chi connectivity index (χ1) is 8.45. The molecule has 0 fully saturated rings. The lowest BCUT2D eigenvalue weighted by Crippen LogP contribution is -2.07. The maximum atomic E-state index is 12.6. The second-order valence-electron chi connectivity index (χ2n) is 3.67. The number of nitrogens with zero attached hydrogens (tertiary/aromatic N) is 2. The van der Waals surface area contributed by atoms with Crippen LogP contribution in [0, 0.1) is 0 Å². The van der Waals surface area contributed by atoms with Crippen LogP contribution >= 0.6 is 11.6 Å². The van der Waals surface area contributed by atoms with Crippen molar-refractivity contribution in [3.63, 3.8) is 0 Å². The third kappa shape index (κ3) is 3.20. The maximum Gasteiger partial charge on any atom is 0.416 e. The van der Waals surface area contributed by atoms with Crippen molar-refractivity contribution in [3.8, 4) is 0 Å². The third-order valence-electron chi connectivity index (χ3n) is 2.26. The predicted molar refractivity (Wildman–Crippen MR) is 61.3 cm³/mol. The lowest BCUT2D eigenvalue weighted by Gasteiger charge is -2.09. The average molecular weight is 273 g/mol. The first-order valence-corrected chi connectivity index (χ1v) is 5.46. The minimum Gasteiger partial charge on any atom is -0.261 e. The number of hydrogen-bond acceptors (Lipinski definition) is 2. The van der Waals surface area contributed by atoms with Gasteiger partial charge < -0.3 is 0 Å². The van der Waals surface area contributed by atoms with E-state index in [0.717, 1.165) is 12.1 Å². The Bertz CT molecular complexity index is 541. The molecule has 0 bridgehead atoms. The van der Waals surface area contributed by atoms with Crippen molar-refractivity contribution in [1.29, 1.82) is 0 Å². The molecule has 0 aliphatic rings. The van der Waals surface area contributed by atoms with Crippen molar-refractivity contribution < 1.29 is 13.2 Å². The minimum atomic E-state index is -4.43. The molecule has 2 heterocycles. The van der Waals surface area contributed by atoms with Crippen molar-refractivity contribution in [1.82, 2.24) is 9.97 Å². The molecule has 2 rings (SSSR count). The summed E-state index contributed by atoms with van der Waals surface area (Å²) < 4.78 is 37.8. The normalized spacial score (nSPS) is 11.6. The second-order valence-corrected chi connectivity index (χ2v) is 4.05. The van der Waals surface area contributed by atoms with Gasteiger partial charge in [-0.1, -0.05) is 17.7 Å². The van der Waals surface area contributed by atoms with Gasteiger partial charge in [-0.25, -0.2) is 4.98 Å². The van der Waals surface area contributed by atoms with Crippen LogP contribution in [0.15, 0.2) is 36.5 Å². The molecule has 0 aliphatic heterocycles. The van der Waals surface area contributed by atoms with Crippen molar-refractivity contribution in [2.24, 2.45) is 0 Å². The topological polar surface area (TPSA) is 25.8 Å². The molecule has 0 atom stereocenters. The smallest absolute Gasteiger partial charge is 0.261 e. The first-order valence-electron chi connectivity index (χ1n) is 5.09. The molecule has 2 aromatic rings. The fourth-order valence-electron chi connectivity index (χ4n) is 1.49. The maximum absolute atomic E-state index is 12.6. The largest absolute Gasteiger partial charge is 0.416 e. The molecule has 0 saturated carbocycles. The van der Waals surface area contributed by atoms with E-state index < -0.39 is 11.7 Å². The summed E-state index contributed by atoms with van der Waals surface area (Å²) >= 11 is 5.59. The van der Waals surface area contributed by atoms with Gasteiger partial charge in [0.1, 0.15) is 5.15 Å². The van der Waals surface area contributed by atoms with Crippen LogP contribution in [0.25, 0.3) is 0 Å². The molecule has 0 amide bonds. The zero-order valence-corrected chi connectivity index (χ0v) is 9.83. The van der Waals surface area contributed by atoms with E-state index in [1.165, 1.54) is 0 Å². The summed E-state index contributed by atoms with van der Waals surface area (Å²) in [7, 11) is 0. The number of halogens is 4. The van der Waals surface area contributed by atoms with E-state index in [-0.39, 0.29) is 17.3 Å². The van der Waals surface area contributed by atoms with Gasteiger partial charge in [0.15, 0.2) is 0 Å². The van der Waals surface area contributed by atoms with E-state index in [1.54, 1.807) is 24.4 Å². The number of aromatic nitrogens is 2. The van der Waals surface area contributed by atoms with Gasteiger partial charge in [-0.2, -0.15) is 13.2 Å². The number of pyridine rings is 2. The Morgan fingerprint density at radius 3 is 2.50 bits per heavy atom. The molecule has 0 radical (unpaired) electrons. The van der Waals surface area contributed by atoms with Gasteiger partial charge >= 0.3 is 6.18 Å². The van der Waals surface area contributed by atoms with Gasteiger partial charge in [-0.15, -0.1) is 0 Å². The Morgan fingerprint density at radius 1 is 1.11 bits per heavy atom. The molecule has 0 spiro atoms. The zero-order chi connectivity index (χ0) is 13.2. The summed E-state index contributed by atoms with van der Waals surface area (Å²) in [5.41, 5.74) is 0.0855. The zero-order valence-electron chi connectivity index (χ0n) is 9.08. The minimum absolute atomic E-state index is 0.171. The summed E-state index contributed by atoms with van der Waals surface area (Å²) in [4.78, 5) is 7.90. The fraction of sp³-hybridized carbons (Fsp3) is 0.167. The fourth-order valence-corrected chi connectivity index (χ4v) is 1.72. The van der Waals surface area contributed by atoms with E-state index in [2.05, 4.69) is 9.97 Å². The number of rotatable bonds is 2. The van der Waals surface area contributed by atoms with Crippen LogP contribution in [0.2, 0.25) is 5.15 Å². The Hall–Kier alpha value is -1.62. The van der Waals surface area contributed by atoms with Crippen molar-refractivity contribution in [3.05, 3.63) is 58.6 Å². The Labute approximate surface area is 106 Å². The van der Waals surface area contributed by atoms with Crippen LogP contribution in [0.5, 0.6) is 0 Å². The van der Waals surface area contributed by atoms with Gasteiger partial charge in [0, 0.05) is 24.0 Å². The molecule has 2 aromatic heterocycles. The molecule has 0 aliphatic carbocycles. The van der Waals surface area contributed by atoms with Crippen LogP contribution in [-0.2, 0) is 12.6 Å². The quantitative estimate of drug-likeness (QED) is 0.778. The highest BCUT2D eigenvalue weighted by Crippen LogP contribution is 2.31. The Kier molecular flexibility index (Phi) is 3.52. The molecule has 0 aromatic carbocycles. The summed E-state index contributed by atoms with van der Waals surface area (Å²) in [6.07, 6.45) is -2.64. The van der Waals surface area contributed by atoms with Crippen LogP contribution in [-0.4, -0.2) is 9.97 Å². The van der Waals surface area contributed by atoms with Gasteiger partial charge in [-0.05, 0) is 24.3 Å². The van der Waals surface area contributed by atoms with E-state index in [1.807, 2.05) is 0 Å². The van der Waals surface area contributed by atoms with Gasteiger partial charge in [-0.3, -0.25) is 4.98 Å². The second kappa shape index (κ2) is 4.94. The lowest BCUT2D eigenvalue weighted by atomic mass is 10.1. The number of hydrogen-bond donors (Lipinski definition) is 0. The lowest BCUT2D eigenvalue weighted by molar-refractivity contribution is -0.137. The van der Waals surface area contributed by atoms with Crippen LogP contribution < -0.4 is 0 Å². The summed E-state index contributed by atoms with van der Waals surface area (Å²) in [6.45, 7) is 0. The molecule has 0 N–H and O–H groups in total. The predicted octanol–water partition coefficient (Wildman–Crippen LogP) is 3.74. The van der Waals surface area contributed by atoms with E-state index in [4.69, 9.17) is 11.6 Å². The van der Waals surface area contributed by atoms with Gasteiger partial charge in [0.2, 0.25) is 0 Å². The summed E-state index contributed by atoms with van der Waals surface area (Å²) in [5, 5.41) is -0.171. The van der Waals surface area contributed by atoms with Gasteiger partial charge in [0.25, 0.3) is 0 Å². The number of alkyl halides is 3. The molecule has 18 heavy (non-hydrogen) atoms. The molecular formula is C12H8ClF3N2. The van der Waals surface area contributed by atoms with Gasteiger partial charge in [0.05, 0.1) is 5.56 Å². The van der Waals surface area contributed by atoms with Crippen LogP contribution in [0.4, 0.5) is 13.2 Å². The molecular weight excluding hydrogens is 265 g/mol. The molecule has 0 unspecified atom stereocenters. The van der Waals surface area contributed by atoms with E-state index in [9.17, 15) is 13.2 Å². The van der Waals surface area contributed by atoms with Crippen molar-refractivity contribution in [2.45, 2.75) is 12.6 Å². The molecule has 6 heteroatoms. The Balaban J connectivity index is 2.32. The summed E-state index contributed by atoms with van der Waals surface area (Å²) in [6, 6.07) is 7.01. The monoisotopic (exact) mass is 272 g/mol. The SMILES string of the molecule is FC(F)(F)c1cc(Cl)nc(Cc2ccccn2)c1. The van der Waals surface area contributed by atoms with Crippen LogP contribution in [0.3, 0.4) is 0 Å². The first kappa shape index (κ1) is 12.8. The van der Waals surface area contributed by atoms with Crippen molar-refractivity contribution in [2.75, 3.05) is 0 Å². The molecule has 0 saturated heterocycles. The highest BCUT2D eigenvalue weighted by Gasteiger charge is 2.31.